The molecule has 0 aromatic carbocycles. The van der Waals surface area contributed by atoms with Crippen LogP contribution in [0.3, 0.4) is 0 Å². The summed E-state index contributed by atoms with van der Waals surface area (Å²) in [7, 11) is -1.31. The Balaban J connectivity index is 2.61. The fourth-order valence-corrected chi connectivity index (χ4v) is 3.74. The Morgan fingerprint density at radius 3 is 2.08 bits per heavy atom. The van der Waals surface area contributed by atoms with Crippen LogP contribution in [-0.2, 0) is 0 Å². The highest BCUT2D eigenvalue weighted by atomic mass is 28.3. The summed E-state index contributed by atoms with van der Waals surface area (Å²) >= 11 is 0. The third-order valence-corrected chi connectivity index (χ3v) is 4.83. The van der Waals surface area contributed by atoms with Crippen LogP contribution in [0.5, 0.6) is 0 Å². The van der Waals surface area contributed by atoms with Gasteiger partial charge in [0.2, 0.25) is 0 Å². The normalized spacial score (nSPS) is 22.3. The van der Waals surface area contributed by atoms with E-state index in [-0.39, 0.29) is 5.67 Å². The molecule has 74 valence electrons. The molecule has 0 aromatic heterocycles. The monoisotopic (exact) mass is 196 g/mol. The van der Waals surface area contributed by atoms with Gasteiger partial charge in [0.1, 0.15) is 0 Å². The van der Waals surface area contributed by atoms with Crippen LogP contribution in [0, 0.1) is 11.3 Å². The van der Waals surface area contributed by atoms with E-state index in [1.807, 2.05) is 0 Å². The average Bonchev–Trinajstić information content (AvgIpc) is 2.05. The molecule has 0 aliphatic carbocycles. The van der Waals surface area contributed by atoms with Crippen molar-refractivity contribution >= 4 is 8.07 Å². The quantitative estimate of drug-likeness (QED) is 0.633. The van der Waals surface area contributed by atoms with Crippen molar-refractivity contribution in [3.8, 4) is 6.07 Å². The predicted molar refractivity (Wildman–Crippen MR) is 58.2 cm³/mol. The first-order valence-electron chi connectivity index (χ1n) is 5.19. The number of nitriles is 1. The third kappa shape index (κ3) is 2.82. The van der Waals surface area contributed by atoms with Gasteiger partial charge in [-0.3, -0.25) is 4.90 Å². The molecule has 1 saturated heterocycles. The number of hydrogen-bond acceptors (Lipinski definition) is 2. The van der Waals surface area contributed by atoms with Gasteiger partial charge >= 0.3 is 0 Å². The van der Waals surface area contributed by atoms with Gasteiger partial charge in [-0.25, -0.2) is 0 Å². The summed E-state index contributed by atoms with van der Waals surface area (Å²) in [5.41, 5.74) is 0.229. The maximum Gasteiger partial charge on any atom is 0.0871 e. The van der Waals surface area contributed by atoms with Gasteiger partial charge in [0.25, 0.3) is 0 Å². The van der Waals surface area contributed by atoms with Crippen LogP contribution >= 0.6 is 0 Å². The fourth-order valence-electron chi connectivity index (χ4n) is 2.00. The van der Waals surface area contributed by atoms with E-state index < -0.39 is 8.07 Å². The highest BCUT2D eigenvalue weighted by molar-refractivity contribution is 6.78. The summed E-state index contributed by atoms with van der Waals surface area (Å²) in [6.45, 7) is 9.14. The standard InChI is InChI=1S/C10H20N2Si/c1-13(2,3)10(9-11)12-7-5-4-6-8-12/h10H,4-8H2,1-3H3. The number of nitrogens with zero attached hydrogens (tertiary/aromatic N) is 2. The van der Waals surface area contributed by atoms with E-state index in [1.165, 1.54) is 19.3 Å². The van der Waals surface area contributed by atoms with Crippen molar-refractivity contribution in [1.82, 2.24) is 4.90 Å². The van der Waals surface area contributed by atoms with Crippen LogP contribution in [0.4, 0.5) is 0 Å². The Kier molecular flexibility index (Phi) is 3.52. The van der Waals surface area contributed by atoms with Crippen molar-refractivity contribution in [1.29, 1.82) is 5.26 Å². The van der Waals surface area contributed by atoms with Crippen LogP contribution in [-0.4, -0.2) is 31.7 Å². The zero-order chi connectivity index (χ0) is 9.90. The summed E-state index contributed by atoms with van der Waals surface area (Å²) < 4.78 is 0. The molecule has 1 aliphatic heterocycles. The largest absolute Gasteiger partial charge is 0.291 e. The van der Waals surface area contributed by atoms with Crippen LogP contribution in [0.15, 0.2) is 0 Å². The SMILES string of the molecule is C[Si](C)(C)C(C#N)N1CCCCC1. The molecule has 0 N–H and O–H groups in total. The summed E-state index contributed by atoms with van der Waals surface area (Å²) in [6.07, 6.45) is 3.91. The molecule has 0 bridgehead atoms. The average molecular weight is 196 g/mol. The van der Waals surface area contributed by atoms with Gasteiger partial charge in [0, 0.05) is 0 Å². The second kappa shape index (κ2) is 4.25. The van der Waals surface area contributed by atoms with Gasteiger partial charge in [0.05, 0.1) is 19.8 Å². The molecule has 0 aromatic rings. The van der Waals surface area contributed by atoms with Crippen molar-refractivity contribution in [3.63, 3.8) is 0 Å². The molecule has 1 fully saturated rings. The third-order valence-electron chi connectivity index (χ3n) is 2.70. The van der Waals surface area contributed by atoms with Crippen molar-refractivity contribution in [2.24, 2.45) is 0 Å². The molecular weight excluding hydrogens is 176 g/mol. The molecule has 2 nitrogen and oxygen atoms in total. The number of rotatable bonds is 2. The van der Waals surface area contributed by atoms with Gasteiger partial charge in [-0.05, 0) is 25.9 Å². The Morgan fingerprint density at radius 1 is 1.15 bits per heavy atom. The van der Waals surface area contributed by atoms with Gasteiger partial charge in [-0.2, -0.15) is 5.26 Å². The summed E-state index contributed by atoms with van der Waals surface area (Å²) in [5, 5.41) is 9.16. The lowest BCUT2D eigenvalue weighted by atomic mass is 10.1. The Morgan fingerprint density at radius 2 is 1.69 bits per heavy atom. The predicted octanol–water partition coefficient (Wildman–Crippen LogP) is 2.24. The second-order valence-corrected chi connectivity index (χ2v) is 10.3. The number of piperidine rings is 1. The minimum absolute atomic E-state index is 0.229. The molecule has 13 heavy (non-hydrogen) atoms. The molecule has 0 amide bonds. The summed E-state index contributed by atoms with van der Waals surface area (Å²) in [6, 6.07) is 2.50. The minimum atomic E-state index is -1.31. The first-order valence-corrected chi connectivity index (χ1v) is 8.77. The number of likely N-dealkylation sites (tertiary alicyclic amines) is 1. The second-order valence-electron chi connectivity index (χ2n) is 4.99. The van der Waals surface area contributed by atoms with E-state index in [2.05, 4.69) is 30.6 Å². The van der Waals surface area contributed by atoms with Crippen molar-refractivity contribution < 1.29 is 0 Å². The van der Waals surface area contributed by atoms with Crippen LogP contribution in [0.1, 0.15) is 19.3 Å². The highest BCUT2D eigenvalue weighted by Gasteiger charge is 2.32. The summed E-state index contributed by atoms with van der Waals surface area (Å²) in [4.78, 5) is 2.40. The van der Waals surface area contributed by atoms with Gasteiger partial charge < -0.3 is 0 Å². The van der Waals surface area contributed by atoms with Crippen molar-refractivity contribution in [3.05, 3.63) is 0 Å². The fraction of sp³-hybridized carbons (Fsp3) is 0.900. The van der Waals surface area contributed by atoms with E-state index in [1.54, 1.807) is 0 Å². The summed E-state index contributed by atoms with van der Waals surface area (Å²) in [5.74, 6) is 0. The number of hydrogen-bond donors (Lipinski definition) is 0. The van der Waals surface area contributed by atoms with Crippen LogP contribution < -0.4 is 0 Å². The maximum atomic E-state index is 9.16. The lowest BCUT2D eigenvalue weighted by Gasteiger charge is -2.36. The molecule has 1 aliphatic rings. The van der Waals surface area contributed by atoms with Gasteiger partial charge in [0.15, 0.2) is 0 Å². The van der Waals surface area contributed by atoms with E-state index in [4.69, 9.17) is 5.26 Å². The van der Waals surface area contributed by atoms with E-state index in [9.17, 15) is 0 Å². The highest BCUT2D eigenvalue weighted by Crippen LogP contribution is 2.18. The maximum absolute atomic E-state index is 9.16. The topological polar surface area (TPSA) is 27.0 Å². The Labute approximate surface area is 82.6 Å². The molecular formula is C10H20N2Si. The van der Waals surface area contributed by atoms with Crippen LogP contribution in [0.2, 0.25) is 19.6 Å². The molecule has 0 radical (unpaired) electrons. The van der Waals surface area contributed by atoms with Crippen molar-refractivity contribution in [2.75, 3.05) is 13.1 Å². The Bertz CT molecular complexity index is 196. The zero-order valence-electron chi connectivity index (χ0n) is 9.01. The van der Waals surface area contributed by atoms with Crippen molar-refractivity contribution in [2.45, 2.75) is 44.6 Å². The first kappa shape index (κ1) is 10.7. The molecule has 1 atom stereocenters. The molecule has 1 unspecified atom stereocenters. The van der Waals surface area contributed by atoms with Gasteiger partial charge in [-0.15, -0.1) is 0 Å². The molecule has 3 heteroatoms. The van der Waals surface area contributed by atoms with Crippen LogP contribution in [0.25, 0.3) is 0 Å². The molecule has 0 saturated carbocycles. The first-order chi connectivity index (χ1) is 6.05. The lowest BCUT2D eigenvalue weighted by Crippen LogP contribution is -2.51. The zero-order valence-corrected chi connectivity index (χ0v) is 10.0. The smallest absolute Gasteiger partial charge is 0.0871 e. The van der Waals surface area contributed by atoms with Gasteiger partial charge in [-0.1, -0.05) is 26.1 Å². The lowest BCUT2D eigenvalue weighted by molar-refractivity contribution is 0.229. The Hall–Kier alpha value is -0.333. The molecule has 0 spiro atoms. The van der Waals surface area contributed by atoms with E-state index in [0.29, 0.717) is 0 Å². The molecule has 1 rings (SSSR count). The van der Waals surface area contributed by atoms with E-state index >= 15 is 0 Å². The molecule has 1 heterocycles. The van der Waals surface area contributed by atoms with E-state index in [0.717, 1.165) is 13.1 Å². The minimum Gasteiger partial charge on any atom is -0.291 e.